The van der Waals surface area contributed by atoms with Crippen molar-refractivity contribution in [2.24, 2.45) is 0 Å². The van der Waals surface area contributed by atoms with Crippen molar-refractivity contribution in [2.45, 2.75) is 44.6 Å². The van der Waals surface area contributed by atoms with E-state index in [0.717, 1.165) is 33.4 Å². The Bertz CT molecular complexity index is 685. The van der Waals surface area contributed by atoms with Crippen LogP contribution in [-0.2, 0) is 17.8 Å². The van der Waals surface area contributed by atoms with Gasteiger partial charge in [0.1, 0.15) is 5.82 Å². The van der Waals surface area contributed by atoms with Gasteiger partial charge in [-0.25, -0.2) is 9.97 Å². The molecule has 7 heteroatoms. The number of aliphatic hydroxyl groups is 1. The van der Waals surface area contributed by atoms with Crippen LogP contribution in [0.3, 0.4) is 0 Å². The summed E-state index contributed by atoms with van der Waals surface area (Å²) >= 11 is 3.38. The Morgan fingerprint density at radius 3 is 2.95 bits per heavy atom. The number of nitrogens with zero attached hydrogens (tertiary/aromatic N) is 2. The predicted octanol–water partition coefficient (Wildman–Crippen LogP) is 3.06. The minimum absolute atomic E-state index is 0.0863. The minimum Gasteiger partial charge on any atom is -0.395 e. The van der Waals surface area contributed by atoms with Gasteiger partial charge in [-0.1, -0.05) is 18.7 Å². The second kappa shape index (κ2) is 6.31. The van der Waals surface area contributed by atoms with E-state index in [1.807, 2.05) is 0 Å². The molecule has 0 spiro atoms. The first-order chi connectivity index (χ1) is 10.5. The molecule has 1 aliphatic heterocycles. The zero-order valence-corrected chi connectivity index (χ0v) is 14.7. The molecule has 2 N–H and O–H groups in total. The predicted molar refractivity (Wildman–Crippen MR) is 92.0 cm³/mol. The highest BCUT2D eigenvalue weighted by Gasteiger charge is 2.30. The topological polar surface area (TPSA) is 67.3 Å². The van der Waals surface area contributed by atoms with Crippen LogP contribution in [0.2, 0.25) is 0 Å². The van der Waals surface area contributed by atoms with Gasteiger partial charge in [-0.3, -0.25) is 0 Å². The molecule has 0 fully saturated rings. The zero-order valence-electron chi connectivity index (χ0n) is 13.1. The molecular weight excluding hydrogens is 318 g/mol. The van der Waals surface area contributed by atoms with Crippen LogP contribution in [0, 0.1) is 0 Å². The van der Waals surface area contributed by atoms with Gasteiger partial charge in [0.05, 0.1) is 29.0 Å². The van der Waals surface area contributed by atoms with Crippen molar-refractivity contribution in [3.63, 3.8) is 0 Å². The van der Waals surface area contributed by atoms with E-state index in [1.54, 1.807) is 23.1 Å². The molecule has 22 heavy (non-hydrogen) atoms. The lowest BCUT2D eigenvalue weighted by Gasteiger charge is -2.29. The van der Waals surface area contributed by atoms with Crippen LogP contribution in [-0.4, -0.2) is 39.6 Å². The molecule has 5 nitrogen and oxygen atoms in total. The second-order valence-corrected chi connectivity index (χ2v) is 8.18. The number of rotatable bonds is 5. The maximum Gasteiger partial charge on any atom is 0.190 e. The molecule has 0 bridgehead atoms. The summed E-state index contributed by atoms with van der Waals surface area (Å²) in [4.78, 5) is 10.7. The Hall–Kier alpha value is -0.890. The Morgan fingerprint density at radius 1 is 1.41 bits per heavy atom. The summed E-state index contributed by atoms with van der Waals surface area (Å²) in [7, 11) is 0. The highest BCUT2D eigenvalue weighted by Crippen LogP contribution is 2.41. The number of thioether (sulfide) groups is 1. The fourth-order valence-electron chi connectivity index (χ4n) is 2.53. The van der Waals surface area contributed by atoms with E-state index in [4.69, 9.17) is 14.8 Å². The number of ether oxygens (including phenoxy) is 1. The van der Waals surface area contributed by atoms with Crippen LogP contribution >= 0.6 is 23.1 Å². The molecule has 2 aromatic heterocycles. The number of aromatic nitrogens is 2. The summed E-state index contributed by atoms with van der Waals surface area (Å²) in [6.45, 7) is 7.52. The number of hydrogen-bond donors (Lipinski definition) is 2. The first kappa shape index (κ1) is 16.0. The zero-order chi connectivity index (χ0) is 15.7. The van der Waals surface area contributed by atoms with Gasteiger partial charge in [0.25, 0.3) is 0 Å². The van der Waals surface area contributed by atoms with E-state index in [2.05, 4.69) is 31.1 Å². The molecule has 3 rings (SSSR count). The molecule has 120 valence electrons. The number of anilines is 1. The van der Waals surface area contributed by atoms with E-state index in [1.165, 1.54) is 10.4 Å². The summed E-state index contributed by atoms with van der Waals surface area (Å²) in [6.07, 6.45) is 0.902. The van der Waals surface area contributed by atoms with E-state index in [9.17, 15) is 0 Å². The summed E-state index contributed by atoms with van der Waals surface area (Å²) in [5.74, 6) is 1.76. The molecule has 0 saturated heterocycles. The molecule has 0 amide bonds. The van der Waals surface area contributed by atoms with Crippen LogP contribution in [0.15, 0.2) is 5.16 Å². The van der Waals surface area contributed by atoms with Gasteiger partial charge in [0.15, 0.2) is 5.16 Å². The second-order valence-electron chi connectivity index (χ2n) is 5.84. The first-order valence-electron chi connectivity index (χ1n) is 7.48. The standard InChI is InChI=1S/C15H21N3O2S2/c1-4-21-14-17-11-9-8-20-15(2,3)7-10(9)22-12(11)13(18-14)16-5-6-19/h19H,4-8H2,1-3H3,(H,16,17,18). The van der Waals surface area contributed by atoms with Crippen LogP contribution < -0.4 is 5.32 Å². The van der Waals surface area contributed by atoms with Crippen LogP contribution in [0.4, 0.5) is 5.82 Å². The van der Waals surface area contributed by atoms with Gasteiger partial charge in [0, 0.05) is 23.4 Å². The summed E-state index contributed by atoms with van der Waals surface area (Å²) < 4.78 is 7.03. The Morgan fingerprint density at radius 2 is 2.23 bits per heavy atom. The largest absolute Gasteiger partial charge is 0.395 e. The quantitative estimate of drug-likeness (QED) is 0.645. The number of hydrogen-bond acceptors (Lipinski definition) is 7. The third-order valence-corrected chi connectivity index (χ3v) is 5.52. The van der Waals surface area contributed by atoms with Gasteiger partial charge < -0.3 is 15.2 Å². The van der Waals surface area contributed by atoms with E-state index in [0.29, 0.717) is 13.2 Å². The Labute approximate surface area is 138 Å². The average molecular weight is 339 g/mol. The molecule has 3 heterocycles. The number of fused-ring (bicyclic) bond motifs is 3. The molecule has 0 radical (unpaired) electrons. The van der Waals surface area contributed by atoms with Crippen LogP contribution in [0.1, 0.15) is 31.2 Å². The normalized spacial score (nSPS) is 16.7. The fourth-order valence-corrected chi connectivity index (χ4v) is 4.53. The van der Waals surface area contributed by atoms with E-state index >= 15 is 0 Å². The maximum absolute atomic E-state index is 9.08. The average Bonchev–Trinajstić information content (AvgIpc) is 2.81. The van der Waals surface area contributed by atoms with Crippen molar-refractivity contribution in [1.82, 2.24) is 9.97 Å². The number of nitrogens with one attached hydrogen (secondary N) is 1. The lowest BCUT2D eigenvalue weighted by atomic mass is 9.98. The van der Waals surface area contributed by atoms with Crippen molar-refractivity contribution in [3.8, 4) is 0 Å². The van der Waals surface area contributed by atoms with Gasteiger partial charge in [-0.05, 0) is 19.6 Å². The van der Waals surface area contributed by atoms with Gasteiger partial charge in [0.2, 0.25) is 0 Å². The molecule has 0 atom stereocenters. The molecular formula is C15H21N3O2S2. The first-order valence-corrected chi connectivity index (χ1v) is 9.28. The maximum atomic E-state index is 9.08. The smallest absolute Gasteiger partial charge is 0.190 e. The fraction of sp³-hybridized carbons (Fsp3) is 0.600. The third kappa shape index (κ3) is 3.08. The van der Waals surface area contributed by atoms with Crippen molar-refractivity contribution < 1.29 is 9.84 Å². The number of thiophene rings is 1. The summed E-state index contributed by atoms with van der Waals surface area (Å²) in [5.41, 5.74) is 2.08. The highest BCUT2D eigenvalue weighted by molar-refractivity contribution is 7.99. The molecule has 0 saturated carbocycles. The van der Waals surface area contributed by atoms with Crippen molar-refractivity contribution in [2.75, 3.05) is 24.2 Å². The lowest BCUT2D eigenvalue weighted by molar-refractivity contribution is -0.0383. The SMILES string of the molecule is CCSc1nc(NCCO)c2sc3c(c2n1)COC(C)(C)C3. The van der Waals surface area contributed by atoms with E-state index in [-0.39, 0.29) is 12.2 Å². The summed E-state index contributed by atoms with van der Waals surface area (Å²) in [6, 6.07) is 0. The minimum atomic E-state index is -0.124. The Balaban J connectivity index is 2.10. The highest BCUT2D eigenvalue weighted by atomic mass is 32.2. The monoisotopic (exact) mass is 339 g/mol. The molecule has 0 unspecified atom stereocenters. The number of aliphatic hydroxyl groups excluding tert-OH is 1. The summed E-state index contributed by atoms with van der Waals surface area (Å²) in [5, 5.41) is 13.1. The van der Waals surface area contributed by atoms with Crippen LogP contribution in [0.5, 0.6) is 0 Å². The third-order valence-electron chi connectivity index (χ3n) is 3.56. The van der Waals surface area contributed by atoms with Crippen LogP contribution in [0.25, 0.3) is 10.2 Å². The molecule has 1 aliphatic rings. The lowest BCUT2D eigenvalue weighted by Crippen LogP contribution is -2.30. The molecule has 0 aliphatic carbocycles. The molecule has 2 aromatic rings. The van der Waals surface area contributed by atoms with Crippen molar-refractivity contribution in [3.05, 3.63) is 10.4 Å². The van der Waals surface area contributed by atoms with Gasteiger partial charge in [-0.2, -0.15) is 0 Å². The van der Waals surface area contributed by atoms with Gasteiger partial charge >= 0.3 is 0 Å². The van der Waals surface area contributed by atoms with Crippen molar-refractivity contribution in [1.29, 1.82) is 0 Å². The van der Waals surface area contributed by atoms with Crippen molar-refractivity contribution >= 4 is 39.1 Å². The van der Waals surface area contributed by atoms with Gasteiger partial charge in [-0.15, -0.1) is 11.3 Å². The Kier molecular flexibility index (Phi) is 4.59. The molecule has 0 aromatic carbocycles. The van der Waals surface area contributed by atoms with E-state index < -0.39 is 0 Å².